The molecular formula is C18H19N5O3S. The Labute approximate surface area is 159 Å². The molecular weight excluding hydrogens is 366 g/mol. The number of carbonyl (C=O) groups is 2. The smallest absolute Gasteiger partial charge is 0.358 e. The maximum atomic E-state index is 12.9. The third kappa shape index (κ3) is 3.68. The second-order valence-corrected chi connectivity index (χ2v) is 8.04. The average Bonchev–Trinajstić information content (AvgIpc) is 3.26. The molecule has 0 aliphatic carbocycles. The zero-order valence-electron chi connectivity index (χ0n) is 14.8. The molecule has 0 radical (unpaired) electrons. The highest BCUT2D eigenvalue weighted by molar-refractivity contribution is 7.18. The number of benzene rings is 1. The number of aromatic carboxylic acids is 1. The van der Waals surface area contributed by atoms with Crippen LogP contribution in [-0.2, 0) is 6.54 Å². The summed E-state index contributed by atoms with van der Waals surface area (Å²) in [6.07, 6.45) is 3.32. The molecule has 9 heteroatoms. The summed E-state index contributed by atoms with van der Waals surface area (Å²) in [6, 6.07) is 5.66. The van der Waals surface area contributed by atoms with Crippen molar-refractivity contribution in [1.29, 1.82) is 0 Å². The molecule has 4 rings (SSSR count). The number of aromatic nitrogens is 4. The van der Waals surface area contributed by atoms with E-state index in [9.17, 15) is 9.59 Å². The molecule has 2 aromatic heterocycles. The number of carboxylic acids is 1. The Morgan fingerprint density at radius 2 is 2.22 bits per heavy atom. The van der Waals surface area contributed by atoms with Crippen LogP contribution in [0.5, 0.6) is 0 Å². The van der Waals surface area contributed by atoms with Crippen molar-refractivity contribution in [3.8, 4) is 0 Å². The lowest BCUT2D eigenvalue weighted by Crippen LogP contribution is -2.41. The number of fused-ring (bicyclic) bond motifs is 1. The van der Waals surface area contributed by atoms with Crippen LogP contribution in [0.15, 0.2) is 24.4 Å². The van der Waals surface area contributed by atoms with Crippen LogP contribution in [0.3, 0.4) is 0 Å². The molecule has 1 amide bonds. The molecule has 1 fully saturated rings. The van der Waals surface area contributed by atoms with Crippen LogP contribution in [0.1, 0.15) is 38.7 Å². The number of aryl methyl sites for hydroxylation is 1. The van der Waals surface area contributed by atoms with Gasteiger partial charge in [-0.15, -0.1) is 16.4 Å². The quantitative estimate of drug-likeness (QED) is 0.740. The predicted octanol–water partition coefficient (Wildman–Crippen LogP) is 2.45. The minimum atomic E-state index is -1.09. The van der Waals surface area contributed by atoms with Gasteiger partial charge >= 0.3 is 5.97 Å². The zero-order chi connectivity index (χ0) is 19.0. The summed E-state index contributed by atoms with van der Waals surface area (Å²) in [7, 11) is 0. The Morgan fingerprint density at radius 3 is 3.00 bits per heavy atom. The van der Waals surface area contributed by atoms with Gasteiger partial charge in [-0.05, 0) is 43.9 Å². The number of hydrogen-bond acceptors (Lipinski definition) is 6. The van der Waals surface area contributed by atoms with Crippen molar-refractivity contribution in [1.82, 2.24) is 24.9 Å². The first-order valence-electron chi connectivity index (χ1n) is 8.79. The molecule has 1 aliphatic rings. The molecule has 0 spiro atoms. The van der Waals surface area contributed by atoms with Crippen LogP contribution in [0, 0.1) is 12.8 Å². The summed E-state index contributed by atoms with van der Waals surface area (Å²) in [5.74, 6) is -0.840. The third-order valence-electron chi connectivity index (χ3n) is 4.75. The fraction of sp³-hybridized carbons (Fsp3) is 0.389. The van der Waals surface area contributed by atoms with E-state index in [4.69, 9.17) is 5.11 Å². The molecule has 1 unspecified atom stereocenters. The number of rotatable bonds is 4. The molecule has 27 heavy (non-hydrogen) atoms. The lowest BCUT2D eigenvalue weighted by atomic mass is 9.97. The van der Waals surface area contributed by atoms with Crippen molar-refractivity contribution in [3.63, 3.8) is 0 Å². The first-order chi connectivity index (χ1) is 13.0. The normalized spacial score (nSPS) is 17.4. The fourth-order valence-electron chi connectivity index (χ4n) is 3.50. The van der Waals surface area contributed by atoms with Crippen LogP contribution in [0.25, 0.3) is 10.2 Å². The number of carboxylic acid groups (broad SMARTS) is 1. The number of nitrogens with zero attached hydrogens (tertiary/aromatic N) is 5. The van der Waals surface area contributed by atoms with E-state index >= 15 is 0 Å². The van der Waals surface area contributed by atoms with E-state index in [1.54, 1.807) is 16.0 Å². The Balaban J connectivity index is 1.46. The number of piperidine rings is 1. The summed E-state index contributed by atoms with van der Waals surface area (Å²) in [5, 5.41) is 17.5. The van der Waals surface area contributed by atoms with Gasteiger partial charge in [-0.25, -0.2) is 9.78 Å². The fourth-order valence-corrected chi connectivity index (χ4v) is 4.37. The van der Waals surface area contributed by atoms with Crippen molar-refractivity contribution in [3.05, 3.63) is 40.7 Å². The van der Waals surface area contributed by atoms with Crippen LogP contribution in [0.4, 0.5) is 0 Å². The number of carbonyl (C=O) groups excluding carboxylic acids is 1. The largest absolute Gasteiger partial charge is 0.476 e. The molecule has 0 bridgehead atoms. The van der Waals surface area contributed by atoms with Gasteiger partial charge in [0, 0.05) is 25.2 Å². The molecule has 140 valence electrons. The Kier molecular flexibility index (Phi) is 4.61. The van der Waals surface area contributed by atoms with Crippen molar-refractivity contribution < 1.29 is 14.7 Å². The van der Waals surface area contributed by atoms with Crippen molar-refractivity contribution in [2.75, 3.05) is 13.1 Å². The third-order valence-corrected chi connectivity index (χ3v) is 5.69. The number of thiazole rings is 1. The Morgan fingerprint density at radius 1 is 1.37 bits per heavy atom. The highest BCUT2D eigenvalue weighted by atomic mass is 32.1. The summed E-state index contributed by atoms with van der Waals surface area (Å²) < 4.78 is 2.57. The van der Waals surface area contributed by atoms with Gasteiger partial charge in [-0.1, -0.05) is 5.21 Å². The first-order valence-corrected chi connectivity index (χ1v) is 9.61. The van der Waals surface area contributed by atoms with E-state index in [1.807, 2.05) is 30.0 Å². The highest BCUT2D eigenvalue weighted by Gasteiger charge is 2.25. The minimum Gasteiger partial charge on any atom is -0.476 e. The highest BCUT2D eigenvalue weighted by Crippen LogP contribution is 2.25. The molecule has 1 atom stereocenters. The van der Waals surface area contributed by atoms with Gasteiger partial charge in [0.1, 0.15) is 0 Å². The van der Waals surface area contributed by atoms with Gasteiger partial charge < -0.3 is 10.0 Å². The predicted molar refractivity (Wildman–Crippen MR) is 100.0 cm³/mol. The van der Waals surface area contributed by atoms with E-state index in [1.165, 1.54) is 6.20 Å². The number of likely N-dealkylation sites (tertiary alicyclic amines) is 1. The van der Waals surface area contributed by atoms with Crippen LogP contribution in [-0.4, -0.2) is 55.0 Å². The first kappa shape index (κ1) is 17.6. The van der Waals surface area contributed by atoms with Crippen molar-refractivity contribution >= 4 is 33.4 Å². The van der Waals surface area contributed by atoms with Gasteiger partial charge in [0.2, 0.25) is 0 Å². The zero-order valence-corrected chi connectivity index (χ0v) is 15.6. The molecule has 1 N–H and O–H groups in total. The maximum Gasteiger partial charge on any atom is 0.358 e. The van der Waals surface area contributed by atoms with E-state index < -0.39 is 5.97 Å². The average molecular weight is 385 g/mol. The number of amides is 1. The Hall–Kier alpha value is -2.81. The molecule has 3 heterocycles. The van der Waals surface area contributed by atoms with Gasteiger partial charge in [-0.3, -0.25) is 9.48 Å². The summed E-state index contributed by atoms with van der Waals surface area (Å²) >= 11 is 1.59. The number of hydrogen-bond donors (Lipinski definition) is 1. The topological polar surface area (TPSA) is 101 Å². The van der Waals surface area contributed by atoms with E-state index in [0.29, 0.717) is 18.7 Å². The minimum absolute atomic E-state index is 0.0254. The van der Waals surface area contributed by atoms with Gasteiger partial charge in [0.05, 0.1) is 21.4 Å². The summed E-state index contributed by atoms with van der Waals surface area (Å²) in [5.41, 5.74) is 1.54. The van der Waals surface area contributed by atoms with Crippen LogP contribution < -0.4 is 0 Å². The molecule has 1 saturated heterocycles. The van der Waals surface area contributed by atoms with Gasteiger partial charge in [-0.2, -0.15) is 0 Å². The van der Waals surface area contributed by atoms with Gasteiger partial charge in [0.15, 0.2) is 5.69 Å². The van der Waals surface area contributed by atoms with Crippen LogP contribution in [0.2, 0.25) is 0 Å². The SMILES string of the molecule is Cc1nc2ccc(C(=O)N3CCCC(Cn4cc(C(=O)O)nn4)C3)cc2s1. The molecule has 3 aromatic rings. The van der Waals surface area contributed by atoms with Crippen LogP contribution >= 0.6 is 11.3 Å². The summed E-state index contributed by atoms with van der Waals surface area (Å²) in [4.78, 5) is 30.2. The van der Waals surface area contributed by atoms with E-state index in [-0.39, 0.29) is 17.5 Å². The Bertz CT molecular complexity index is 1010. The van der Waals surface area contributed by atoms with Crippen molar-refractivity contribution in [2.45, 2.75) is 26.3 Å². The van der Waals surface area contributed by atoms with E-state index in [2.05, 4.69) is 15.3 Å². The van der Waals surface area contributed by atoms with Gasteiger partial charge in [0.25, 0.3) is 5.91 Å². The molecule has 1 aliphatic heterocycles. The van der Waals surface area contributed by atoms with Crippen molar-refractivity contribution in [2.24, 2.45) is 5.92 Å². The monoisotopic (exact) mass is 385 g/mol. The van der Waals surface area contributed by atoms with E-state index in [0.717, 1.165) is 34.6 Å². The second kappa shape index (κ2) is 7.07. The molecule has 0 saturated carbocycles. The molecule has 1 aromatic carbocycles. The molecule has 8 nitrogen and oxygen atoms in total. The standard InChI is InChI=1S/C18H19N5O3S/c1-11-19-14-5-4-13(7-16(14)27-11)17(24)22-6-2-3-12(8-22)9-23-10-15(18(25)26)20-21-23/h4-5,7,10,12H,2-3,6,8-9H2,1H3,(H,25,26). The summed E-state index contributed by atoms with van der Waals surface area (Å²) in [6.45, 7) is 3.87. The lowest BCUT2D eigenvalue weighted by Gasteiger charge is -2.32. The lowest BCUT2D eigenvalue weighted by molar-refractivity contribution is 0.0658. The second-order valence-electron chi connectivity index (χ2n) is 6.81. The maximum absolute atomic E-state index is 12.9.